The van der Waals surface area contributed by atoms with Gasteiger partial charge in [0.1, 0.15) is 29.3 Å². The van der Waals surface area contributed by atoms with E-state index >= 15 is 0 Å². The third kappa shape index (κ3) is 7.55. The molecule has 0 bridgehead atoms. The van der Waals surface area contributed by atoms with Crippen LogP contribution in [0, 0.1) is 5.82 Å². The molecule has 0 spiro atoms. The summed E-state index contributed by atoms with van der Waals surface area (Å²) in [5.41, 5.74) is 0.0566. The minimum absolute atomic E-state index is 0.0289. The normalized spacial score (nSPS) is 18.2. The highest BCUT2D eigenvalue weighted by molar-refractivity contribution is 6.74. The third-order valence-electron chi connectivity index (χ3n) is 9.65. The van der Waals surface area contributed by atoms with E-state index in [1.165, 1.54) is 19.1 Å². The monoisotopic (exact) mass is 688 g/mol. The Bertz CT molecular complexity index is 1770. The lowest BCUT2D eigenvalue weighted by molar-refractivity contribution is -0.175. The van der Waals surface area contributed by atoms with Gasteiger partial charge in [0.25, 0.3) is 5.91 Å². The molecule has 3 aromatic carbocycles. The Morgan fingerprint density at radius 3 is 2.16 bits per heavy atom. The maximum absolute atomic E-state index is 14.7. The molecule has 49 heavy (non-hydrogen) atoms. The number of aromatic nitrogens is 1. The lowest BCUT2D eigenvalue weighted by Gasteiger charge is -2.37. The topological polar surface area (TPSA) is 111 Å². The summed E-state index contributed by atoms with van der Waals surface area (Å²) in [6.07, 6.45) is -2.49. The second-order valence-electron chi connectivity index (χ2n) is 14.7. The zero-order valence-corrected chi connectivity index (χ0v) is 30.3. The number of aliphatic hydroxyl groups excluding tert-OH is 1. The van der Waals surface area contributed by atoms with Crippen LogP contribution < -0.4 is 0 Å². The molecule has 9 nitrogen and oxygen atoms in total. The fourth-order valence-electron chi connectivity index (χ4n) is 5.57. The predicted molar refractivity (Wildman–Crippen MR) is 185 cm³/mol. The second kappa shape index (κ2) is 13.6. The van der Waals surface area contributed by atoms with Gasteiger partial charge in [-0.1, -0.05) is 92.7 Å². The number of rotatable bonds is 11. The van der Waals surface area contributed by atoms with Crippen molar-refractivity contribution >= 4 is 20.3 Å². The third-order valence-corrected chi connectivity index (χ3v) is 14.1. The van der Waals surface area contributed by atoms with Gasteiger partial charge in [-0.05, 0) is 73.3 Å². The van der Waals surface area contributed by atoms with Crippen molar-refractivity contribution in [1.82, 2.24) is 10.1 Å². The minimum atomic E-state index is -2.12. The fourth-order valence-corrected chi connectivity index (χ4v) is 6.51. The number of imide groups is 1. The maximum atomic E-state index is 14.7. The van der Waals surface area contributed by atoms with Gasteiger partial charge in [-0.2, -0.15) is 0 Å². The standard InChI is InChI=1S/C38H45FN2O7Si/c1-36(2,3)49(7,8)46-24-30-22-31(40-48-30)33(42)38(6,45-23-25-14-16-26(17-15-25)27-18-20-29(39)21-19-27)34(43)41-32(28-12-10-9-11-13-28)37(4,5)47-35(41)44/h9-22,32-33,42H,23-24H2,1-8H3/t32-,33-,38-/m0/s1. The number of nitrogens with zero attached hydrogens (tertiary/aromatic N) is 2. The number of halogens is 1. The summed E-state index contributed by atoms with van der Waals surface area (Å²) in [4.78, 5) is 29.1. The van der Waals surface area contributed by atoms with Crippen LogP contribution in [0.15, 0.2) is 89.5 Å². The number of carbonyl (C=O) groups is 2. The molecule has 0 radical (unpaired) electrons. The first-order valence-corrected chi connectivity index (χ1v) is 19.2. The summed E-state index contributed by atoms with van der Waals surface area (Å²) in [5.74, 6) is -0.734. The Labute approximate surface area is 288 Å². The quantitative estimate of drug-likeness (QED) is 0.156. The van der Waals surface area contributed by atoms with E-state index in [0.717, 1.165) is 16.0 Å². The summed E-state index contributed by atoms with van der Waals surface area (Å²) in [6.45, 7) is 15.6. The highest BCUT2D eigenvalue weighted by atomic mass is 28.4. The number of benzene rings is 3. The first-order valence-electron chi connectivity index (χ1n) is 16.3. The van der Waals surface area contributed by atoms with Crippen molar-refractivity contribution in [2.45, 2.75) is 96.2 Å². The molecule has 0 aliphatic carbocycles. The van der Waals surface area contributed by atoms with E-state index in [0.29, 0.717) is 16.9 Å². The lowest BCUT2D eigenvalue weighted by atomic mass is 9.88. The van der Waals surface area contributed by atoms with Crippen LogP contribution in [0.1, 0.15) is 76.3 Å². The minimum Gasteiger partial charge on any atom is -0.440 e. The van der Waals surface area contributed by atoms with E-state index < -0.39 is 43.7 Å². The number of ether oxygens (including phenoxy) is 2. The fraction of sp³-hybridized carbons (Fsp3) is 0.395. The highest BCUT2D eigenvalue weighted by Gasteiger charge is 2.57. The van der Waals surface area contributed by atoms with Crippen LogP contribution in [0.4, 0.5) is 9.18 Å². The average Bonchev–Trinajstić information content (AvgIpc) is 3.63. The molecule has 1 aliphatic rings. The van der Waals surface area contributed by atoms with Gasteiger partial charge < -0.3 is 23.5 Å². The van der Waals surface area contributed by atoms with Crippen LogP contribution in [0.25, 0.3) is 11.1 Å². The lowest BCUT2D eigenvalue weighted by Crippen LogP contribution is -2.54. The van der Waals surface area contributed by atoms with E-state index in [1.54, 1.807) is 32.0 Å². The van der Waals surface area contributed by atoms with Gasteiger partial charge in [-0.3, -0.25) is 4.79 Å². The van der Waals surface area contributed by atoms with Crippen molar-refractivity contribution in [3.63, 3.8) is 0 Å². The van der Waals surface area contributed by atoms with Gasteiger partial charge >= 0.3 is 6.09 Å². The van der Waals surface area contributed by atoms with E-state index in [9.17, 15) is 19.1 Å². The van der Waals surface area contributed by atoms with Gasteiger partial charge in [-0.15, -0.1) is 0 Å². The highest BCUT2D eigenvalue weighted by Crippen LogP contribution is 2.44. The molecule has 2 heterocycles. The van der Waals surface area contributed by atoms with Gasteiger partial charge in [0.2, 0.25) is 0 Å². The molecule has 1 N–H and O–H groups in total. The number of aliphatic hydroxyl groups is 1. The Balaban J connectivity index is 1.46. The van der Waals surface area contributed by atoms with Gasteiger partial charge in [0.05, 0.1) is 13.2 Å². The second-order valence-corrected chi connectivity index (χ2v) is 19.5. The average molecular weight is 689 g/mol. The van der Waals surface area contributed by atoms with Gasteiger partial charge in [0, 0.05) is 6.07 Å². The molecule has 260 valence electrons. The molecule has 1 aromatic heterocycles. The Morgan fingerprint density at radius 2 is 1.57 bits per heavy atom. The number of hydrogen-bond acceptors (Lipinski definition) is 8. The summed E-state index contributed by atoms with van der Waals surface area (Å²) < 4.78 is 37.3. The van der Waals surface area contributed by atoms with E-state index in [-0.39, 0.29) is 29.8 Å². The van der Waals surface area contributed by atoms with E-state index in [2.05, 4.69) is 39.0 Å². The molecule has 1 fully saturated rings. The smallest absolute Gasteiger partial charge is 0.417 e. The van der Waals surface area contributed by atoms with Crippen molar-refractivity contribution in [2.24, 2.45) is 0 Å². The van der Waals surface area contributed by atoms with Crippen LogP contribution in [-0.4, -0.2) is 46.7 Å². The van der Waals surface area contributed by atoms with Gasteiger partial charge in [0.15, 0.2) is 19.7 Å². The number of hydrogen-bond donors (Lipinski definition) is 1. The molecule has 3 atom stereocenters. The predicted octanol–water partition coefficient (Wildman–Crippen LogP) is 8.51. The van der Waals surface area contributed by atoms with Crippen molar-refractivity contribution < 1.29 is 37.5 Å². The molecular weight excluding hydrogens is 644 g/mol. The summed E-state index contributed by atoms with van der Waals surface area (Å²) in [5, 5.41) is 16.0. The molecule has 11 heteroatoms. The SMILES string of the molecule is CC1(C)OC(=O)N(C(=O)[C@@](C)(OCc2ccc(-c3ccc(F)cc3)cc2)[C@@H](O)c2cc(CO[Si](C)(C)C(C)(C)C)on2)[C@H]1c1ccccc1. The van der Waals surface area contributed by atoms with Crippen LogP contribution in [0.3, 0.4) is 0 Å². The van der Waals surface area contributed by atoms with Crippen LogP contribution in [-0.2, 0) is 31.9 Å². The van der Waals surface area contributed by atoms with E-state index in [1.807, 2.05) is 54.6 Å². The molecular formula is C38H45FN2O7Si. The molecule has 1 aliphatic heterocycles. The van der Waals surface area contributed by atoms with Crippen molar-refractivity contribution in [1.29, 1.82) is 0 Å². The number of carbonyl (C=O) groups excluding carboxylic acids is 2. The van der Waals surface area contributed by atoms with Crippen LogP contribution in [0.2, 0.25) is 18.1 Å². The molecule has 5 rings (SSSR count). The maximum Gasteiger partial charge on any atom is 0.417 e. The van der Waals surface area contributed by atoms with E-state index in [4.69, 9.17) is 18.4 Å². The first-order chi connectivity index (χ1) is 22.9. The van der Waals surface area contributed by atoms with Crippen molar-refractivity contribution in [3.8, 4) is 11.1 Å². The molecule has 1 saturated heterocycles. The zero-order chi connectivity index (χ0) is 35.8. The Kier molecular flexibility index (Phi) is 10.0. The Hall–Kier alpha value is -4.16. The van der Waals surface area contributed by atoms with Crippen LogP contribution in [0.5, 0.6) is 0 Å². The van der Waals surface area contributed by atoms with Gasteiger partial charge in [-0.25, -0.2) is 14.1 Å². The van der Waals surface area contributed by atoms with Crippen molar-refractivity contribution in [2.75, 3.05) is 0 Å². The zero-order valence-electron chi connectivity index (χ0n) is 29.3. The largest absolute Gasteiger partial charge is 0.440 e. The van der Waals surface area contributed by atoms with Crippen LogP contribution >= 0.6 is 0 Å². The summed E-state index contributed by atoms with van der Waals surface area (Å²) in [7, 11) is -2.12. The number of amides is 2. The molecule has 4 aromatic rings. The molecule has 2 amide bonds. The molecule has 0 unspecified atom stereocenters. The summed E-state index contributed by atoms with van der Waals surface area (Å²) in [6, 6.07) is 23.4. The Morgan fingerprint density at radius 1 is 0.980 bits per heavy atom. The number of cyclic esters (lactones) is 1. The first kappa shape index (κ1) is 36.1. The molecule has 0 saturated carbocycles. The van der Waals surface area contributed by atoms with Crippen molar-refractivity contribution in [3.05, 3.63) is 113 Å². The summed E-state index contributed by atoms with van der Waals surface area (Å²) >= 11 is 0.